The first-order chi connectivity index (χ1) is 9.74. The number of aromatic nitrogens is 1. The smallest absolute Gasteiger partial charge is 0.0670 e. The van der Waals surface area contributed by atoms with Crippen LogP contribution in [0.3, 0.4) is 0 Å². The van der Waals surface area contributed by atoms with Crippen LogP contribution in [-0.2, 0) is 6.42 Å². The van der Waals surface area contributed by atoms with Crippen LogP contribution in [0.1, 0.15) is 55.0 Å². The molecule has 4 saturated carbocycles. The molecule has 5 rings (SSSR count). The van der Waals surface area contributed by atoms with E-state index in [1.54, 1.807) is 0 Å². The SMILES string of the molecule is Cc1nc(C2C3CC4CC(C3)CC2C4)ccc1CC#N. The predicted molar refractivity (Wildman–Crippen MR) is 78.1 cm³/mol. The Morgan fingerprint density at radius 2 is 1.75 bits per heavy atom. The van der Waals surface area contributed by atoms with Gasteiger partial charge < -0.3 is 0 Å². The van der Waals surface area contributed by atoms with Gasteiger partial charge in [0.15, 0.2) is 0 Å². The summed E-state index contributed by atoms with van der Waals surface area (Å²) in [6.07, 6.45) is 7.77. The molecule has 20 heavy (non-hydrogen) atoms. The zero-order chi connectivity index (χ0) is 13.7. The molecule has 104 valence electrons. The van der Waals surface area contributed by atoms with Crippen LogP contribution in [0.2, 0.25) is 0 Å². The highest BCUT2D eigenvalue weighted by Gasteiger charge is 2.49. The Hall–Kier alpha value is -1.36. The molecule has 0 unspecified atom stereocenters. The number of nitriles is 1. The van der Waals surface area contributed by atoms with Gasteiger partial charge in [-0.3, -0.25) is 4.98 Å². The Morgan fingerprint density at radius 1 is 1.10 bits per heavy atom. The molecule has 0 amide bonds. The van der Waals surface area contributed by atoms with Crippen LogP contribution in [-0.4, -0.2) is 4.98 Å². The average Bonchev–Trinajstić information content (AvgIpc) is 2.40. The highest BCUT2D eigenvalue weighted by Crippen LogP contribution is 2.59. The zero-order valence-corrected chi connectivity index (χ0v) is 12.2. The predicted octanol–water partition coefficient (Wildman–Crippen LogP) is 4.00. The molecule has 4 fully saturated rings. The van der Waals surface area contributed by atoms with Gasteiger partial charge in [0.25, 0.3) is 0 Å². The van der Waals surface area contributed by atoms with Gasteiger partial charge in [-0.15, -0.1) is 0 Å². The number of rotatable bonds is 2. The van der Waals surface area contributed by atoms with E-state index in [4.69, 9.17) is 10.2 Å². The van der Waals surface area contributed by atoms with E-state index in [0.717, 1.165) is 34.9 Å². The molecule has 1 heterocycles. The maximum Gasteiger partial charge on any atom is 0.0670 e. The van der Waals surface area contributed by atoms with Crippen LogP contribution >= 0.6 is 0 Å². The van der Waals surface area contributed by atoms with Crippen molar-refractivity contribution in [3.8, 4) is 6.07 Å². The lowest BCUT2D eigenvalue weighted by atomic mass is 9.51. The van der Waals surface area contributed by atoms with Crippen molar-refractivity contribution in [3.05, 3.63) is 29.1 Å². The quantitative estimate of drug-likeness (QED) is 0.811. The maximum absolute atomic E-state index is 8.85. The van der Waals surface area contributed by atoms with E-state index in [1.807, 2.05) is 0 Å². The fraction of sp³-hybridized carbons (Fsp3) is 0.667. The zero-order valence-electron chi connectivity index (χ0n) is 12.2. The van der Waals surface area contributed by atoms with Crippen molar-refractivity contribution in [2.24, 2.45) is 23.7 Å². The van der Waals surface area contributed by atoms with Gasteiger partial charge in [-0.2, -0.15) is 5.26 Å². The summed E-state index contributed by atoms with van der Waals surface area (Å²) in [5.74, 6) is 4.53. The second-order valence-electron chi connectivity index (χ2n) is 7.27. The minimum Gasteiger partial charge on any atom is -0.258 e. The molecule has 4 bridgehead atoms. The van der Waals surface area contributed by atoms with Crippen LogP contribution in [0.15, 0.2) is 12.1 Å². The molecular weight excluding hydrogens is 244 g/mol. The second kappa shape index (κ2) is 4.58. The van der Waals surface area contributed by atoms with Gasteiger partial charge in [0.2, 0.25) is 0 Å². The minimum absolute atomic E-state index is 0.487. The van der Waals surface area contributed by atoms with Gasteiger partial charge in [-0.25, -0.2) is 0 Å². The summed E-state index contributed by atoms with van der Waals surface area (Å²) in [7, 11) is 0. The third-order valence-electron chi connectivity index (χ3n) is 6.05. The van der Waals surface area contributed by atoms with E-state index in [-0.39, 0.29) is 0 Å². The second-order valence-corrected chi connectivity index (χ2v) is 7.27. The molecular formula is C18H22N2. The Kier molecular flexibility index (Phi) is 2.84. The topological polar surface area (TPSA) is 36.7 Å². The lowest BCUT2D eigenvalue weighted by molar-refractivity contribution is -0.00419. The molecule has 0 spiro atoms. The Balaban J connectivity index is 1.65. The normalized spacial score (nSPS) is 37.9. The van der Waals surface area contributed by atoms with Crippen molar-refractivity contribution in [2.75, 3.05) is 0 Å². The van der Waals surface area contributed by atoms with E-state index in [1.165, 1.54) is 37.8 Å². The lowest BCUT2D eigenvalue weighted by Crippen LogP contribution is -2.44. The van der Waals surface area contributed by atoms with Crippen molar-refractivity contribution in [2.45, 2.75) is 51.4 Å². The third-order valence-corrected chi connectivity index (χ3v) is 6.05. The van der Waals surface area contributed by atoms with E-state index < -0.39 is 0 Å². The molecule has 4 aliphatic carbocycles. The molecule has 0 radical (unpaired) electrons. The van der Waals surface area contributed by atoms with E-state index in [9.17, 15) is 0 Å². The monoisotopic (exact) mass is 266 g/mol. The summed E-state index contributed by atoms with van der Waals surface area (Å²) in [5, 5.41) is 8.85. The van der Waals surface area contributed by atoms with E-state index in [2.05, 4.69) is 25.1 Å². The van der Waals surface area contributed by atoms with Crippen LogP contribution < -0.4 is 0 Å². The number of nitrogens with zero attached hydrogens (tertiary/aromatic N) is 2. The van der Waals surface area contributed by atoms with Crippen molar-refractivity contribution < 1.29 is 0 Å². The molecule has 0 aliphatic heterocycles. The summed E-state index contributed by atoms with van der Waals surface area (Å²) in [5.41, 5.74) is 3.48. The third kappa shape index (κ3) is 1.87. The van der Waals surface area contributed by atoms with Crippen molar-refractivity contribution >= 4 is 0 Å². The van der Waals surface area contributed by atoms with Gasteiger partial charge in [-0.1, -0.05) is 6.07 Å². The molecule has 2 nitrogen and oxygen atoms in total. The fourth-order valence-electron chi connectivity index (χ4n) is 5.48. The maximum atomic E-state index is 8.85. The van der Waals surface area contributed by atoms with Crippen LogP contribution in [0, 0.1) is 41.9 Å². The molecule has 1 aromatic rings. The van der Waals surface area contributed by atoms with Gasteiger partial charge in [0.1, 0.15) is 0 Å². The summed E-state index contributed by atoms with van der Waals surface area (Å²) in [6, 6.07) is 6.59. The van der Waals surface area contributed by atoms with Crippen molar-refractivity contribution in [1.82, 2.24) is 4.98 Å². The summed E-state index contributed by atoms with van der Waals surface area (Å²) >= 11 is 0. The summed E-state index contributed by atoms with van der Waals surface area (Å²) in [6.45, 7) is 2.06. The average molecular weight is 266 g/mol. The molecule has 2 heteroatoms. The highest BCUT2D eigenvalue weighted by atomic mass is 14.7. The van der Waals surface area contributed by atoms with Gasteiger partial charge in [-0.05, 0) is 74.3 Å². The summed E-state index contributed by atoms with van der Waals surface area (Å²) < 4.78 is 0. The first kappa shape index (κ1) is 12.4. The number of pyridine rings is 1. The molecule has 4 aliphatic rings. The Bertz CT molecular complexity index is 541. The van der Waals surface area contributed by atoms with Gasteiger partial charge in [0.05, 0.1) is 12.5 Å². The van der Waals surface area contributed by atoms with Gasteiger partial charge in [0, 0.05) is 17.3 Å². The minimum atomic E-state index is 0.487. The van der Waals surface area contributed by atoms with Crippen LogP contribution in [0.25, 0.3) is 0 Å². The highest BCUT2D eigenvalue weighted by molar-refractivity contribution is 5.28. The molecule has 0 atom stereocenters. The molecule has 1 aromatic heterocycles. The number of aryl methyl sites for hydroxylation is 1. The lowest BCUT2D eigenvalue weighted by Gasteiger charge is -2.54. The van der Waals surface area contributed by atoms with Crippen molar-refractivity contribution in [3.63, 3.8) is 0 Å². The largest absolute Gasteiger partial charge is 0.258 e. The van der Waals surface area contributed by atoms with E-state index in [0.29, 0.717) is 12.3 Å². The number of hydrogen-bond donors (Lipinski definition) is 0. The first-order valence-electron chi connectivity index (χ1n) is 8.08. The van der Waals surface area contributed by atoms with Crippen LogP contribution in [0.4, 0.5) is 0 Å². The summed E-state index contributed by atoms with van der Waals surface area (Å²) in [4.78, 5) is 4.89. The van der Waals surface area contributed by atoms with Gasteiger partial charge >= 0.3 is 0 Å². The first-order valence-corrected chi connectivity index (χ1v) is 8.08. The standard InChI is InChI=1S/C18H22N2/c1-11-14(4-5-19)2-3-17(20-11)18-15-7-12-6-13(9-15)10-16(18)8-12/h2-3,12-13,15-16,18H,4,6-10H2,1H3. The Labute approximate surface area is 121 Å². The Morgan fingerprint density at radius 3 is 2.30 bits per heavy atom. The molecule has 0 saturated heterocycles. The molecule has 0 aromatic carbocycles. The van der Waals surface area contributed by atoms with E-state index >= 15 is 0 Å². The van der Waals surface area contributed by atoms with Crippen molar-refractivity contribution in [1.29, 1.82) is 5.26 Å². The fourth-order valence-corrected chi connectivity index (χ4v) is 5.48. The van der Waals surface area contributed by atoms with Crippen LogP contribution in [0.5, 0.6) is 0 Å². The number of hydrogen-bond acceptors (Lipinski definition) is 2. The molecule has 0 N–H and O–H groups in total.